The highest BCUT2D eigenvalue weighted by molar-refractivity contribution is 5.98. The lowest BCUT2D eigenvalue weighted by atomic mass is 10.2. The first-order valence-corrected chi connectivity index (χ1v) is 8.35. The number of carbonyl (C=O) groups is 1. The number of carbonyl (C=O) groups excluding carboxylic acids is 1. The molecule has 0 saturated heterocycles. The molecule has 0 bridgehead atoms. The van der Waals surface area contributed by atoms with Crippen molar-refractivity contribution in [2.24, 2.45) is 0 Å². The van der Waals surface area contributed by atoms with Crippen LogP contribution in [-0.2, 0) is 4.74 Å². The van der Waals surface area contributed by atoms with Gasteiger partial charge in [-0.2, -0.15) is 0 Å². The van der Waals surface area contributed by atoms with Gasteiger partial charge in [-0.05, 0) is 47.6 Å². The zero-order chi connectivity index (χ0) is 18.0. The monoisotopic (exact) mass is 333 g/mol. The number of methoxy groups -OCH3 is 1. The molecule has 1 heterocycles. The van der Waals surface area contributed by atoms with Crippen molar-refractivity contribution in [3.05, 3.63) is 23.9 Å². The Kier molecular flexibility index (Phi) is 5.42. The third kappa shape index (κ3) is 3.66. The van der Waals surface area contributed by atoms with Crippen molar-refractivity contribution in [2.75, 3.05) is 7.11 Å². The molecule has 5 nitrogen and oxygen atoms in total. The van der Waals surface area contributed by atoms with Gasteiger partial charge in [0.15, 0.2) is 0 Å². The van der Waals surface area contributed by atoms with E-state index in [-0.39, 0.29) is 24.2 Å². The molecule has 2 rings (SSSR count). The van der Waals surface area contributed by atoms with Gasteiger partial charge < -0.3 is 18.8 Å². The van der Waals surface area contributed by atoms with Crippen LogP contribution in [0.5, 0.6) is 11.5 Å². The van der Waals surface area contributed by atoms with Gasteiger partial charge in [0.1, 0.15) is 17.2 Å². The summed E-state index contributed by atoms with van der Waals surface area (Å²) in [5.74, 6) is 1.08. The van der Waals surface area contributed by atoms with E-state index in [0.717, 1.165) is 16.7 Å². The molecule has 0 aliphatic carbocycles. The molecule has 2 aromatic rings. The number of fused-ring (bicyclic) bond motifs is 1. The SMILES string of the molecule is COC(=O)c1cc2c(OC(C)C)cc(OC(C)C)cc2n1C(C)C. The summed E-state index contributed by atoms with van der Waals surface area (Å²) in [5.41, 5.74) is 1.41. The highest BCUT2D eigenvalue weighted by atomic mass is 16.5. The number of esters is 1. The van der Waals surface area contributed by atoms with Crippen LogP contribution < -0.4 is 9.47 Å². The Morgan fingerprint density at radius 3 is 2.08 bits per heavy atom. The molecule has 132 valence electrons. The van der Waals surface area contributed by atoms with E-state index >= 15 is 0 Å². The lowest BCUT2D eigenvalue weighted by Crippen LogP contribution is -2.12. The number of hydrogen-bond acceptors (Lipinski definition) is 4. The van der Waals surface area contributed by atoms with Crippen LogP contribution >= 0.6 is 0 Å². The first kappa shape index (κ1) is 18.2. The first-order chi connectivity index (χ1) is 11.2. The standard InChI is InChI=1S/C19H27NO4/c1-11(2)20-16-8-14(23-12(3)4)9-18(24-13(5)6)15(16)10-17(20)19(21)22-7/h8-13H,1-7H3. The number of benzene rings is 1. The van der Waals surface area contributed by atoms with Crippen LogP contribution in [0.25, 0.3) is 10.9 Å². The normalized spacial score (nSPS) is 11.6. The van der Waals surface area contributed by atoms with E-state index in [2.05, 4.69) is 0 Å². The molecule has 0 fully saturated rings. The predicted molar refractivity (Wildman–Crippen MR) is 95.2 cm³/mol. The van der Waals surface area contributed by atoms with Crippen LogP contribution in [-0.4, -0.2) is 29.9 Å². The fourth-order valence-corrected chi connectivity index (χ4v) is 2.78. The minimum atomic E-state index is -0.360. The summed E-state index contributed by atoms with van der Waals surface area (Å²) in [4.78, 5) is 12.2. The lowest BCUT2D eigenvalue weighted by molar-refractivity contribution is 0.0587. The lowest BCUT2D eigenvalue weighted by Gasteiger charge is -2.17. The molecular weight excluding hydrogens is 306 g/mol. The maximum atomic E-state index is 12.2. The average Bonchev–Trinajstić information content (AvgIpc) is 2.84. The average molecular weight is 333 g/mol. The van der Waals surface area contributed by atoms with Crippen molar-refractivity contribution < 1.29 is 19.0 Å². The van der Waals surface area contributed by atoms with Gasteiger partial charge in [0.25, 0.3) is 0 Å². The maximum Gasteiger partial charge on any atom is 0.354 e. The van der Waals surface area contributed by atoms with E-state index < -0.39 is 0 Å². The molecule has 0 unspecified atom stereocenters. The van der Waals surface area contributed by atoms with Gasteiger partial charge in [0.2, 0.25) is 0 Å². The van der Waals surface area contributed by atoms with E-state index in [4.69, 9.17) is 14.2 Å². The second-order valence-electron chi connectivity index (χ2n) is 6.67. The van der Waals surface area contributed by atoms with Crippen LogP contribution in [0.2, 0.25) is 0 Å². The summed E-state index contributed by atoms with van der Waals surface area (Å²) in [7, 11) is 1.39. The van der Waals surface area contributed by atoms with Gasteiger partial charge in [-0.25, -0.2) is 4.79 Å². The Labute approximate surface area is 143 Å². The molecular formula is C19H27NO4. The molecule has 0 spiro atoms. The van der Waals surface area contributed by atoms with Crippen molar-refractivity contribution in [1.82, 2.24) is 4.57 Å². The molecule has 0 aliphatic rings. The van der Waals surface area contributed by atoms with Crippen molar-refractivity contribution >= 4 is 16.9 Å². The number of ether oxygens (including phenoxy) is 3. The second kappa shape index (κ2) is 7.16. The predicted octanol–water partition coefficient (Wildman–Crippen LogP) is 4.58. The van der Waals surface area contributed by atoms with Crippen molar-refractivity contribution in [3.8, 4) is 11.5 Å². The summed E-state index contributed by atoms with van der Waals surface area (Å²) in [6, 6.07) is 5.76. The third-order valence-corrected chi connectivity index (χ3v) is 3.54. The third-order valence-electron chi connectivity index (χ3n) is 3.54. The second-order valence-corrected chi connectivity index (χ2v) is 6.67. The topological polar surface area (TPSA) is 49.7 Å². The molecule has 1 aromatic carbocycles. The minimum Gasteiger partial charge on any atom is -0.491 e. The van der Waals surface area contributed by atoms with Crippen molar-refractivity contribution in [1.29, 1.82) is 0 Å². The van der Waals surface area contributed by atoms with E-state index in [0.29, 0.717) is 11.4 Å². The summed E-state index contributed by atoms with van der Waals surface area (Å²) < 4.78 is 18.7. The zero-order valence-electron chi connectivity index (χ0n) is 15.5. The molecule has 0 radical (unpaired) electrons. The maximum absolute atomic E-state index is 12.2. The minimum absolute atomic E-state index is 0.0199. The quantitative estimate of drug-likeness (QED) is 0.726. The summed E-state index contributed by atoms with van der Waals surface area (Å²) in [5, 5.41) is 0.883. The van der Waals surface area contributed by atoms with E-state index in [1.54, 1.807) is 0 Å². The Morgan fingerprint density at radius 1 is 0.958 bits per heavy atom. The fraction of sp³-hybridized carbons (Fsp3) is 0.526. The van der Waals surface area contributed by atoms with Crippen LogP contribution in [0.4, 0.5) is 0 Å². The van der Waals surface area contributed by atoms with Crippen molar-refractivity contribution in [2.45, 2.75) is 59.8 Å². The highest BCUT2D eigenvalue weighted by Crippen LogP contribution is 2.36. The number of rotatable bonds is 6. The van der Waals surface area contributed by atoms with E-state index in [9.17, 15) is 4.79 Å². The molecule has 0 atom stereocenters. The van der Waals surface area contributed by atoms with Gasteiger partial charge in [-0.3, -0.25) is 0 Å². The highest BCUT2D eigenvalue weighted by Gasteiger charge is 2.22. The van der Waals surface area contributed by atoms with Crippen LogP contribution in [0.15, 0.2) is 18.2 Å². The number of hydrogen-bond donors (Lipinski definition) is 0. The van der Waals surface area contributed by atoms with Gasteiger partial charge in [-0.15, -0.1) is 0 Å². The van der Waals surface area contributed by atoms with E-state index in [1.165, 1.54) is 7.11 Å². The molecule has 5 heteroatoms. The Morgan fingerprint density at radius 2 is 1.58 bits per heavy atom. The summed E-state index contributed by atoms with van der Waals surface area (Å²) in [6.45, 7) is 12.0. The van der Waals surface area contributed by atoms with Crippen LogP contribution in [0, 0.1) is 0 Å². The molecule has 0 amide bonds. The van der Waals surface area contributed by atoms with Gasteiger partial charge in [-0.1, -0.05) is 0 Å². The zero-order valence-corrected chi connectivity index (χ0v) is 15.5. The van der Waals surface area contributed by atoms with Crippen LogP contribution in [0.1, 0.15) is 58.1 Å². The smallest absolute Gasteiger partial charge is 0.354 e. The summed E-state index contributed by atoms with van der Waals surface area (Å²) >= 11 is 0. The molecule has 0 aliphatic heterocycles. The molecule has 24 heavy (non-hydrogen) atoms. The summed E-state index contributed by atoms with van der Waals surface area (Å²) in [6.07, 6.45) is 0.0726. The number of aromatic nitrogens is 1. The molecule has 0 N–H and O–H groups in total. The Balaban J connectivity index is 2.75. The van der Waals surface area contributed by atoms with E-state index in [1.807, 2.05) is 64.3 Å². The van der Waals surface area contributed by atoms with Crippen LogP contribution in [0.3, 0.4) is 0 Å². The first-order valence-electron chi connectivity index (χ1n) is 8.35. The number of nitrogens with zero attached hydrogens (tertiary/aromatic N) is 1. The fourth-order valence-electron chi connectivity index (χ4n) is 2.78. The van der Waals surface area contributed by atoms with Gasteiger partial charge >= 0.3 is 5.97 Å². The van der Waals surface area contributed by atoms with Crippen molar-refractivity contribution in [3.63, 3.8) is 0 Å². The molecule has 1 aromatic heterocycles. The molecule has 0 saturated carbocycles. The van der Waals surface area contributed by atoms with Gasteiger partial charge in [0, 0.05) is 23.6 Å². The van der Waals surface area contributed by atoms with Gasteiger partial charge in [0.05, 0.1) is 24.8 Å². The Hall–Kier alpha value is -2.17. The Bertz CT molecular complexity index is 729. The largest absolute Gasteiger partial charge is 0.491 e.